The van der Waals surface area contributed by atoms with Crippen molar-refractivity contribution in [3.63, 3.8) is 0 Å². The first-order valence-corrected chi connectivity index (χ1v) is 16.9. The van der Waals surface area contributed by atoms with Crippen molar-refractivity contribution in [3.8, 4) is 22.8 Å². The minimum absolute atomic E-state index is 0.185. The third kappa shape index (κ3) is 9.31. The van der Waals surface area contributed by atoms with Crippen LogP contribution in [-0.4, -0.2) is 36.2 Å². The Hall–Kier alpha value is -4.46. The molecule has 3 N–H and O–H groups in total. The van der Waals surface area contributed by atoms with Crippen LogP contribution >= 0.6 is 45.5 Å². The summed E-state index contributed by atoms with van der Waals surface area (Å²) < 4.78 is 12.4. The molecule has 0 spiro atoms. The number of hydrogen-bond acceptors (Lipinski definition) is 8. The van der Waals surface area contributed by atoms with Crippen LogP contribution < -0.4 is 25.5 Å². The molecule has 47 heavy (non-hydrogen) atoms. The Kier molecular flexibility index (Phi) is 11.5. The number of aromatic nitrogens is 1. The van der Waals surface area contributed by atoms with E-state index in [1.807, 2.05) is 86.8 Å². The third-order valence-electron chi connectivity index (χ3n) is 6.76. The van der Waals surface area contributed by atoms with Gasteiger partial charge in [-0.1, -0.05) is 41.4 Å². The average Bonchev–Trinajstić information content (AvgIpc) is 3.52. The molecule has 240 valence electrons. The maximum absolute atomic E-state index is 12.8. The van der Waals surface area contributed by atoms with Gasteiger partial charge in [-0.3, -0.25) is 9.59 Å². The number of amides is 2. The number of rotatable bonds is 12. The fourth-order valence-electron chi connectivity index (χ4n) is 4.49. The van der Waals surface area contributed by atoms with E-state index in [0.29, 0.717) is 34.3 Å². The molecule has 0 atom stereocenters. The summed E-state index contributed by atoms with van der Waals surface area (Å²) in [6.07, 6.45) is 1.53. The smallest absolute Gasteiger partial charge is 0.271 e. The lowest BCUT2D eigenvalue weighted by atomic mass is 10.1. The minimum atomic E-state index is -0.356. The van der Waals surface area contributed by atoms with Gasteiger partial charge in [0.1, 0.15) is 0 Å². The number of halogens is 2. The lowest BCUT2D eigenvalue weighted by Gasteiger charge is -2.15. The van der Waals surface area contributed by atoms with Crippen LogP contribution in [0.1, 0.15) is 34.0 Å². The summed E-state index contributed by atoms with van der Waals surface area (Å²) in [5, 5.41) is 13.7. The SMILES string of the molecule is CCOc1cc(/C=N\NC(=O)c2ccc(-c3csc(Nc4ccc(Cl)cc4)n3)cc2)cc(I)c1OCC(=O)Nc1ccc(C)cc1C. The Morgan fingerprint density at radius 1 is 1.00 bits per heavy atom. The first-order chi connectivity index (χ1) is 22.7. The largest absolute Gasteiger partial charge is 0.490 e. The Morgan fingerprint density at radius 3 is 2.49 bits per heavy atom. The van der Waals surface area contributed by atoms with Crippen LogP contribution in [0.3, 0.4) is 0 Å². The topological polar surface area (TPSA) is 114 Å². The summed E-state index contributed by atoms with van der Waals surface area (Å²) in [5.41, 5.74) is 9.12. The van der Waals surface area contributed by atoms with Gasteiger partial charge in [-0.25, -0.2) is 10.4 Å². The number of thiazole rings is 1. The number of hydrazone groups is 1. The number of carbonyl (C=O) groups excluding carboxylic acids is 2. The van der Waals surface area contributed by atoms with E-state index in [1.54, 1.807) is 18.2 Å². The molecule has 0 unspecified atom stereocenters. The molecule has 12 heteroatoms. The monoisotopic (exact) mass is 779 g/mol. The molecule has 0 radical (unpaired) electrons. The molecule has 0 aliphatic rings. The number of anilines is 3. The number of ether oxygens (including phenoxy) is 2. The van der Waals surface area contributed by atoms with Crippen LogP contribution in [0.15, 0.2) is 89.3 Å². The lowest BCUT2D eigenvalue weighted by molar-refractivity contribution is -0.118. The van der Waals surface area contributed by atoms with Crippen molar-refractivity contribution in [1.29, 1.82) is 0 Å². The molecular weight excluding hydrogens is 749 g/mol. The van der Waals surface area contributed by atoms with E-state index in [-0.39, 0.29) is 18.4 Å². The molecule has 0 bridgehead atoms. The molecule has 0 saturated heterocycles. The Balaban J connectivity index is 1.17. The van der Waals surface area contributed by atoms with E-state index in [0.717, 1.165) is 42.5 Å². The van der Waals surface area contributed by atoms with E-state index in [9.17, 15) is 9.59 Å². The van der Waals surface area contributed by atoms with Crippen LogP contribution in [0.5, 0.6) is 11.5 Å². The predicted octanol–water partition coefficient (Wildman–Crippen LogP) is 8.61. The summed E-state index contributed by atoms with van der Waals surface area (Å²) >= 11 is 9.57. The predicted molar refractivity (Wildman–Crippen MR) is 198 cm³/mol. The van der Waals surface area contributed by atoms with E-state index >= 15 is 0 Å². The molecule has 1 heterocycles. The van der Waals surface area contributed by atoms with Crippen LogP contribution in [0.2, 0.25) is 5.02 Å². The Bertz CT molecular complexity index is 1910. The first kappa shape index (κ1) is 33.9. The molecular formula is C35H31ClIN5O4S. The fourth-order valence-corrected chi connectivity index (χ4v) is 6.13. The molecule has 1 aromatic heterocycles. The van der Waals surface area contributed by atoms with E-state index in [2.05, 4.69) is 48.7 Å². The van der Waals surface area contributed by atoms with Gasteiger partial charge in [0.2, 0.25) is 0 Å². The van der Waals surface area contributed by atoms with Gasteiger partial charge < -0.3 is 20.1 Å². The summed E-state index contributed by atoms with van der Waals surface area (Å²) in [6.45, 7) is 6.02. The normalized spacial score (nSPS) is 10.9. The first-order valence-electron chi connectivity index (χ1n) is 14.6. The zero-order chi connectivity index (χ0) is 33.3. The summed E-state index contributed by atoms with van der Waals surface area (Å²) in [5.74, 6) is 0.290. The lowest BCUT2D eigenvalue weighted by Crippen LogP contribution is -2.21. The standard InChI is InChI=1S/C35H31ClIN5O4S/c1-4-45-31-17-23(16-28(37)33(31)46-19-32(43)40-29-14-5-21(2)15-22(29)3)18-38-42-34(44)25-8-6-24(7-9-25)30-20-47-35(41-30)39-27-12-10-26(36)11-13-27/h5-18,20H,4,19H2,1-3H3,(H,39,41)(H,40,43)(H,42,44)/b38-18-. The van der Waals surface area contributed by atoms with Crippen molar-refractivity contribution in [3.05, 3.63) is 115 Å². The quantitative estimate of drug-likeness (QED) is 0.0664. The number of benzene rings is 4. The summed E-state index contributed by atoms with van der Waals surface area (Å²) in [7, 11) is 0. The minimum Gasteiger partial charge on any atom is -0.490 e. The van der Waals surface area contributed by atoms with Gasteiger partial charge in [0, 0.05) is 32.9 Å². The van der Waals surface area contributed by atoms with Crippen LogP contribution in [0, 0.1) is 17.4 Å². The van der Waals surface area contributed by atoms with Gasteiger partial charge in [-0.05, 0) is 109 Å². The Morgan fingerprint density at radius 2 is 1.77 bits per heavy atom. The number of hydrogen-bond donors (Lipinski definition) is 3. The third-order valence-corrected chi connectivity index (χ3v) is 8.57. The number of carbonyl (C=O) groups is 2. The highest BCUT2D eigenvalue weighted by Gasteiger charge is 2.15. The molecule has 5 aromatic rings. The van der Waals surface area contributed by atoms with Crippen molar-refractivity contribution in [1.82, 2.24) is 10.4 Å². The van der Waals surface area contributed by atoms with Crippen molar-refractivity contribution in [2.24, 2.45) is 5.10 Å². The van der Waals surface area contributed by atoms with Gasteiger partial charge in [0.05, 0.1) is 22.1 Å². The van der Waals surface area contributed by atoms with Crippen molar-refractivity contribution in [2.45, 2.75) is 20.8 Å². The second-order valence-corrected chi connectivity index (χ2v) is 12.8. The number of aryl methyl sites for hydroxylation is 2. The highest BCUT2D eigenvalue weighted by Crippen LogP contribution is 2.34. The molecule has 4 aromatic carbocycles. The van der Waals surface area contributed by atoms with Crippen molar-refractivity contribution < 1.29 is 19.1 Å². The Labute approximate surface area is 295 Å². The zero-order valence-electron chi connectivity index (χ0n) is 25.8. The van der Waals surface area contributed by atoms with Crippen LogP contribution in [-0.2, 0) is 4.79 Å². The van der Waals surface area contributed by atoms with E-state index in [1.165, 1.54) is 17.6 Å². The number of nitrogens with zero attached hydrogens (tertiary/aromatic N) is 2. The van der Waals surface area contributed by atoms with Crippen molar-refractivity contribution in [2.75, 3.05) is 23.8 Å². The van der Waals surface area contributed by atoms with Gasteiger partial charge in [-0.2, -0.15) is 5.10 Å². The molecule has 0 fully saturated rings. The maximum atomic E-state index is 12.8. The molecule has 0 aliphatic heterocycles. The second kappa shape index (κ2) is 15.9. The zero-order valence-corrected chi connectivity index (χ0v) is 29.5. The molecule has 5 rings (SSSR count). The molecule has 0 aliphatic carbocycles. The fraction of sp³-hybridized carbons (Fsp3) is 0.143. The van der Waals surface area contributed by atoms with Gasteiger partial charge in [0.15, 0.2) is 23.2 Å². The number of nitrogens with one attached hydrogen (secondary N) is 3. The molecule has 0 saturated carbocycles. The van der Waals surface area contributed by atoms with Gasteiger partial charge in [0.25, 0.3) is 11.8 Å². The average molecular weight is 780 g/mol. The van der Waals surface area contributed by atoms with Gasteiger partial charge in [-0.15, -0.1) is 11.3 Å². The maximum Gasteiger partial charge on any atom is 0.271 e. The van der Waals surface area contributed by atoms with E-state index in [4.69, 9.17) is 21.1 Å². The van der Waals surface area contributed by atoms with E-state index < -0.39 is 0 Å². The second-order valence-electron chi connectivity index (χ2n) is 10.4. The van der Waals surface area contributed by atoms with Gasteiger partial charge >= 0.3 is 0 Å². The molecule has 2 amide bonds. The summed E-state index contributed by atoms with van der Waals surface area (Å²) in [6, 6.07) is 23.9. The molecule has 9 nitrogen and oxygen atoms in total. The van der Waals surface area contributed by atoms with Crippen LogP contribution in [0.4, 0.5) is 16.5 Å². The highest BCUT2D eigenvalue weighted by atomic mass is 127. The summed E-state index contributed by atoms with van der Waals surface area (Å²) in [4.78, 5) is 30.0. The highest BCUT2D eigenvalue weighted by molar-refractivity contribution is 14.1. The van der Waals surface area contributed by atoms with Crippen LogP contribution in [0.25, 0.3) is 11.3 Å². The van der Waals surface area contributed by atoms with Crippen molar-refractivity contribution >= 4 is 80.1 Å².